The summed E-state index contributed by atoms with van der Waals surface area (Å²) < 4.78 is 5.24. The molecule has 1 aromatic heterocycles. The maximum atomic E-state index is 5.79. The van der Waals surface area contributed by atoms with Gasteiger partial charge in [0.25, 0.3) is 0 Å². The van der Waals surface area contributed by atoms with Gasteiger partial charge in [-0.2, -0.15) is 4.98 Å². The van der Waals surface area contributed by atoms with Gasteiger partial charge in [0.2, 0.25) is 5.89 Å². The van der Waals surface area contributed by atoms with Gasteiger partial charge in [-0.1, -0.05) is 5.16 Å². The van der Waals surface area contributed by atoms with Crippen LogP contribution in [0.5, 0.6) is 0 Å². The minimum atomic E-state index is 0.547. The summed E-state index contributed by atoms with van der Waals surface area (Å²) in [6.07, 6.45) is 2.40. The molecule has 0 aliphatic heterocycles. The highest BCUT2D eigenvalue weighted by Gasteiger charge is 2.28. The molecule has 0 spiro atoms. The van der Waals surface area contributed by atoms with Crippen molar-refractivity contribution >= 4 is 17.4 Å². The van der Waals surface area contributed by atoms with Gasteiger partial charge in [-0.3, -0.25) is 0 Å². The van der Waals surface area contributed by atoms with Gasteiger partial charge in [0, 0.05) is 16.5 Å². The highest BCUT2D eigenvalue weighted by Crippen LogP contribution is 2.38. The monoisotopic (exact) mass is 261 g/mol. The maximum absolute atomic E-state index is 5.79. The van der Waals surface area contributed by atoms with Crippen molar-refractivity contribution in [2.45, 2.75) is 36.3 Å². The van der Waals surface area contributed by atoms with Crippen LogP contribution in [0.1, 0.15) is 36.0 Å². The number of nitrogens with zero attached hydrogens (tertiary/aromatic N) is 2. The molecule has 2 aromatic rings. The first kappa shape index (κ1) is 11.6. The lowest BCUT2D eigenvalue weighted by Crippen LogP contribution is -1.89. The van der Waals surface area contributed by atoms with Gasteiger partial charge in [0.05, 0.1) is 5.75 Å². The number of rotatable bonds is 4. The van der Waals surface area contributed by atoms with Crippen LogP contribution in [-0.4, -0.2) is 10.1 Å². The Kier molecular flexibility index (Phi) is 2.99. The molecule has 94 valence electrons. The molecule has 0 saturated heterocycles. The van der Waals surface area contributed by atoms with Crippen molar-refractivity contribution in [3.05, 3.63) is 35.5 Å². The van der Waals surface area contributed by atoms with E-state index in [1.54, 1.807) is 11.8 Å². The Bertz CT molecular complexity index is 563. The third-order valence-corrected chi connectivity index (χ3v) is 4.01. The Morgan fingerprint density at radius 3 is 3.00 bits per heavy atom. The molecule has 4 nitrogen and oxygen atoms in total. The first-order chi connectivity index (χ1) is 8.72. The Balaban J connectivity index is 1.63. The highest BCUT2D eigenvalue weighted by molar-refractivity contribution is 7.98. The van der Waals surface area contributed by atoms with E-state index in [4.69, 9.17) is 10.3 Å². The van der Waals surface area contributed by atoms with Crippen LogP contribution in [0, 0.1) is 6.92 Å². The smallest absolute Gasteiger partial charge is 0.237 e. The van der Waals surface area contributed by atoms with E-state index in [0.29, 0.717) is 17.6 Å². The second-order valence-corrected chi connectivity index (χ2v) is 5.68. The summed E-state index contributed by atoms with van der Waals surface area (Å²) in [6.45, 7) is 2.01. The molecule has 0 amide bonds. The summed E-state index contributed by atoms with van der Waals surface area (Å²) in [5.74, 6) is 2.84. The lowest BCUT2D eigenvalue weighted by atomic mass is 10.2. The second kappa shape index (κ2) is 4.65. The molecule has 2 N–H and O–H groups in total. The topological polar surface area (TPSA) is 64.9 Å². The SMILES string of the molecule is Cc1cc(SCc2nc(C3CC3)no2)ccc1N. The van der Waals surface area contributed by atoms with Crippen molar-refractivity contribution in [2.75, 3.05) is 5.73 Å². The first-order valence-corrected chi connectivity index (χ1v) is 7.02. The molecule has 1 fully saturated rings. The van der Waals surface area contributed by atoms with Crippen LogP contribution in [0.4, 0.5) is 5.69 Å². The lowest BCUT2D eigenvalue weighted by Gasteiger charge is -2.02. The van der Waals surface area contributed by atoms with E-state index in [9.17, 15) is 0 Å². The summed E-state index contributed by atoms with van der Waals surface area (Å²) >= 11 is 1.69. The number of aromatic nitrogens is 2. The molecule has 5 heteroatoms. The predicted molar refractivity (Wildman–Crippen MR) is 71.4 cm³/mol. The van der Waals surface area contributed by atoms with Gasteiger partial charge in [-0.15, -0.1) is 11.8 Å². The van der Waals surface area contributed by atoms with Crippen molar-refractivity contribution < 1.29 is 4.52 Å². The fraction of sp³-hybridized carbons (Fsp3) is 0.385. The molecule has 1 aliphatic carbocycles. The van der Waals surface area contributed by atoms with E-state index in [0.717, 1.165) is 17.1 Å². The first-order valence-electron chi connectivity index (χ1n) is 6.04. The lowest BCUT2D eigenvalue weighted by molar-refractivity contribution is 0.385. The van der Waals surface area contributed by atoms with Crippen LogP contribution in [0.15, 0.2) is 27.6 Å². The number of nitrogen functional groups attached to an aromatic ring is 1. The van der Waals surface area contributed by atoms with E-state index < -0.39 is 0 Å². The van der Waals surface area contributed by atoms with Crippen molar-refractivity contribution in [3.8, 4) is 0 Å². The molecule has 0 radical (unpaired) electrons. The minimum Gasteiger partial charge on any atom is -0.399 e. The van der Waals surface area contributed by atoms with Gasteiger partial charge in [0.1, 0.15) is 0 Å². The van der Waals surface area contributed by atoms with Crippen molar-refractivity contribution in [3.63, 3.8) is 0 Å². The number of anilines is 1. The van der Waals surface area contributed by atoms with Gasteiger partial charge < -0.3 is 10.3 Å². The summed E-state index contributed by atoms with van der Waals surface area (Å²) in [5.41, 5.74) is 7.72. The molecule has 0 unspecified atom stereocenters. The fourth-order valence-electron chi connectivity index (χ4n) is 1.72. The molecule has 3 rings (SSSR count). The summed E-state index contributed by atoms with van der Waals surface area (Å²) in [5, 5.41) is 4.00. The Morgan fingerprint density at radius 2 is 2.28 bits per heavy atom. The van der Waals surface area contributed by atoms with E-state index >= 15 is 0 Å². The van der Waals surface area contributed by atoms with Gasteiger partial charge in [0.15, 0.2) is 5.82 Å². The number of hydrogen-bond acceptors (Lipinski definition) is 5. The molecule has 0 atom stereocenters. The van der Waals surface area contributed by atoms with Crippen LogP contribution in [0.3, 0.4) is 0 Å². The number of thioether (sulfide) groups is 1. The number of hydrogen-bond donors (Lipinski definition) is 1. The van der Waals surface area contributed by atoms with Crippen molar-refractivity contribution in [1.82, 2.24) is 10.1 Å². The number of nitrogens with two attached hydrogens (primary N) is 1. The zero-order chi connectivity index (χ0) is 12.5. The highest BCUT2D eigenvalue weighted by atomic mass is 32.2. The zero-order valence-electron chi connectivity index (χ0n) is 10.2. The Hall–Kier alpha value is -1.49. The standard InChI is InChI=1S/C13H15N3OS/c1-8-6-10(4-5-11(8)14)18-7-12-15-13(16-17-12)9-2-3-9/h4-6,9H,2-3,7,14H2,1H3. The summed E-state index contributed by atoms with van der Waals surface area (Å²) in [6, 6.07) is 6.03. The Morgan fingerprint density at radius 1 is 1.44 bits per heavy atom. The number of benzene rings is 1. The molecule has 18 heavy (non-hydrogen) atoms. The van der Waals surface area contributed by atoms with Crippen molar-refractivity contribution in [2.24, 2.45) is 0 Å². The number of aryl methyl sites for hydroxylation is 1. The molecular formula is C13H15N3OS. The third kappa shape index (κ3) is 2.51. The quantitative estimate of drug-likeness (QED) is 0.676. The van der Waals surface area contributed by atoms with E-state index in [-0.39, 0.29) is 0 Å². The van der Waals surface area contributed by atoms with Crippen LogP contribution < -0.4 is 5.73 Å². The molecule has 0 bridgehead atoms. The molecule has 1 aliphatic rings. The van der Waals surface area contributed by atoms with E-state index in [1.807, 2.05) is 19.1 Å². The van der Waals surface area contributed by atoms with Gasteiger partial charge in [-0.05, 0) is 43.5 Å². The van der Waals surface area contributed by atoms with E-state index in [2.05, 4.69) is 16.2 Å². The average molecular weight is 261 g/mol. The average Bonchev–Trinajstić information content (AvgIpc) is 3.11. The third-order valence-electron chi connectivity index (χ3n) is 3.03. The molecule has 1 saturated carbocycles. The van der Waals surface area contributed by atoms with Crippen molar-refractivity contribution in [1.29, 1.82) is 0 Å². The summed E-state index contributed by atoms with van der Waals surface area (Å²) in [4.78, 5) is 5.58. The molecule has 1 heterocycles. The van der Waals surface area contributed by atoms with Crippen LogP contribution in [0.25, 0.3) is 0 Å². The van der Waals surface area contributed by atoms with Gasteiger partial charge in [-0.25, -0.2) is 0 Å². The van der Waals surface area contributed by atoms with Crippen LogP contribution >= 0.6 is 11.8 Å². The predicted octanol–water partition coefficient (Wildman–Crippen LogP) is 3.13. The minimum absolute atomic E-state index is 0.547. The second-order valence-electron chi connectivity index (χ2n) is 4.63. The largest absolute Gasteiger partial charge is 0.399 e. The maximum Gasteiger partial charge on any atom is 0.237 e. The molecule has 1 aromatic carbocycles. The summed E-state index contributed by atoms with van der Waals surface area (Å²) in [7, 11) is 0. The van der Waals surface area contributed by atoms with E-state index in [1.165, 1.54) is 17.7 Å². The van der Waals surface area contributed by atoms with Crippen LogP contribution in [0.2, 0.25) is 0 Å². The Labute approximate surface area is 110 Å². The molecular weight excluding hydrogens is 246 g/mol. The zero-order valence-corrected chi connectivity index (χ0v) is 11.0. The van der Waals surface area contributed by atoms with Gasteiger partial charge >= 0.3 is 0 Å². The van der Waals surface area contributed by atoms with Crippen LogP contribution in [-0.2, 0) is 5.75 Å². The fourth-order valence-corrected chi connectivity index (χ4v) is 2.55. The normalized spacial score (nSPS) is 14.9.